The average molecular weight is 537 g/mol. The SMILES string of the molecule is CCOC(=O)[C@]1(c2cccc(OCc3ccccc3)n2)Oc2cc(F)c(Cl)c(Br)c2C1(C)O. The van der Waals surface area contributed by atoms with Gasteiger partial charge in [-0.05, 0) is 41.4 Å². The molecule has 0 amide bonds. The minimum Gasteiger partial charge on any atom is -0.473 e. The molecule has 1 N–H and O–H groups in total. The van der Waals surface area contributed by atoms with Crippen molar-refractivity contribution in [2.24, 2.45) is 0 Å². The zero-order valence-electron chi connectivity index (χ0n) is 17.8. The topological polar surface area (TPSA) is 77.9 Å². The lowest BCUT2D eigenvalue weighted by molar-refractivity contribution is -0.186. The van der Waals surface area contributed by atoms with Crippen molar-refractivity contribution >= 4 is 33.5 Å². The number of carbonyl (C=O) groups is 1. The number of aromatic nitrogens is 1. The van der Waals surface area contributed by atoms with Crippen LogP contribution in [0.25, 0.3) is 0 Å². The number of pyridine rings is 1. The summed E-state index contributed by atoms with van der Waals surface area (Å²) >= 11 is 9.28. The van der Waals surface area contributed by atoms with Gasteiger partial charge in [0.15, 0.2) is 0 Å². The minimum absolute atomic E-state index is 0.0247. The lowest BCUT2D eigenvalue weighted by Crippen LogP contribution is -2.54. The summed E-state index contributed by atoms with van der Waals surface area (Å²) in [6.07, 6.45) is 0. The summed E-state index contributed by atoms with van der Waals surface area (Å²) < 4.78 is 31.5. The Bertz CT molecular complexity index is 1210. The van der Waals surface area contributed by atoms with Crippen molar-refractivity contribution in [1.29, 1.82) is 0 Å². The second kappa shape index (κ2) is 8.93. The number of hydrogen-bond acceptors (Lipinski definition) is 6. The van der Waals surface area contributed by atoms with Crippen LogP contribution in [0.4, 0.5) is 4.39 Å². The fourth-order valence-electron chi connectivity index (χ4n) is 3.85. The van der Waals surface area contributed by atoms with E-state index in [1.807, 2.05) is 30.3 Å². The summed E-state index contributed by atoms with van der Waals surface area (Å²) in [6, 6.07) is 15.3. The smallest absolute Gasteiger partial charge is 0.360 e. The van der Waals surface area contributed by atoms with Crippen LogP contribution in [0, 0.1) is 5.82 Å². The van der Waals surface area contributed by atoms with Gasteiger partial charge in [-0.3, -0.25) is 0 Å². The van der Waals surface area contributed by atoms with Crippen molar-refractivity contribution in [3.8, 4) is 11.6 Å². The van der Waals surface area contributed by atoms with Crippen LogP contribution < -0.4 is 9.47 Å². The van der Waals surface area contributed by atoms with Crippen LogP contribution >= 0.6 is 27.5 Å². The predicted molar refractivity (Wildman–Crippen MR) is 123 cm³/mol. The first-order valence-corrected chi connectivity index (χ1v) is 11.3. The summed E-state index contributed by atoms with van der Waals surface area (Å²) in [6.45, 7) is 3.26. The largest absolute Gasteiger partial charge is 0.473 e. The molecule has 2 aromatic carbocycles. The Morgan fingerprint density at radius 3 is 2.67 bits per heavy atom. The molecule has 9 heteroatoms. The molecule has 1 aliphatic heterocycles. The van der Waals surface area contributed by atoms with Crippen LogP contribution in [0.2, 0.25) is 5.02 Å². The highest BCUT2D eigenvalue weighted by Gasteiger charge is 2.66. The molecule has 4 rings (SSSR count). The third-order valence-electron chi connectivity index (χ3n) is 5.44. The van der Waals surface area contributed by atoms with E-state index in [1.54, 1.807) is 19.1 Å². The first kappa shape index (κ1) is 23.5. The second-order valence-corrected chi connectivity index (χ2v) is 8.74. The molecule has 1 aliphatic rings. The molecule has 1 unspecified atom stereocenters. The van der Waals surface area contributed by atoms with E-state index in [2.05, 4.69) is 20.9 Å². The monoisotopic (exact) mass is 535 g/mol. The van der Waals surface area contributed by atoms with E-state index in [4.69, 9.17) is 25.8 Å². The molecule has 0 fully saturated rings. The van der Waals surface area contributed by atoms with Crippen molar-refractivity contribution in [3.05, 3.63) is 86.7 Å². The summed E-state index contributed by atoms with van der Waals surface area (Å²) in [7, 11) is 0. The highest BCUT2D eigenvalue weighted by atomic mass is 79.9. The molecule has 0 radical (unpaired) electrons. The maximum absolute atomic E-state index is 14.3. The third-order valence-corrected chi connectivity index (χ3v) is 6.83. The Hall–Kier alpha value is -2.68. The molecular formula is C24H20BrClFNO5. The van der Waals surface area contributed by atoms with Crippen molar-refractivity contribution in [1.82, 2.24) is 4.98 Å². The molecule has 2 heterocycles. The maximum atomic E-state index is 14.3. The van der Waals surface area contributed by atoms with Crippen LogP contribution in [0.3, 0.4) is 0 Å². The first-order valence-electron chi connectivity index (χ1n) is 10.1. The molecule has 172 valence electrons. The average Bonchev–Trinajstić information content (AvgIpc) is 3.04. The van der Waals surface area contributed by atoms with Crippen molar-refractivity contribution < 1.29 is 28.5 Å². The molecule has 6 nitrogen and oxygen atoms in total. The van der Waals surface area contributed by atoms with Crippen LogP contribution in [0.1, 0.15) is 30.7 Å². The van der Waals surface area contributed by atoms with Crippen molar-refractivity contribution in [2.45, 2.75) is 31.7 Å². The van der Waals surface area contributed by atoms with E-state index in [9.17, 15) is 14.3 Å². The normalized spacial score (nSPS) is 21.3. The highest BCUT2D eigenvalue weighted by Crippen LogP contribution is 2.57. The number of ether oxygens (including phenoxy) is 3. The van der Waals surface area contributed by atoms with E-state index in [0.29, 0.717) is 0 Å². The molecule has 0 saturated heterocycles. The van der Waals surface area contributed by atoms with Gasteiger partial charge >= 0.3 is 5.97 Å². The van der Waals surface area contributed by atoms with Gasteiger partial charge in [-0.25, -0.2) is 14.2 Å². The van der Waals surface area contributed by atoms with E-state index >= 15 is 0 Å². The standard InChI is InChI=1S/C24H20BrClFNO5/c1-3-31-22(29)24(23(2,30)19-16(33-24)12-15(27)21(26)20(19)25)17-10-7-11-18(28-17)32-13-14-8-5-4-6-9-14/h4-12,30H,3,13H2,1-2H3/t23?,24-/m0/s1. The Labute approximate surface area is 203 Å². The van der Waals surface area contributed by atoms with Gasteiger partial charge in [0.05, 0.1) is 11.6 Å². The molecule has 0 saturated carbocycles. The Balaban J connectivity index is 1.81. The number of carbonyl (C=O) groups excluding carboxylic acids is 1. The van der Waals surface area contributed by atoms with E-state index in [1.165, 1.54) is 13.0 Å². The van der Waals surface area contributed by atoms with Crippen LogP contribution in [0.15, 0.2) is 59.1 Å². The van der Waals surface area contributed by atoms with E-state index in [-0.39, 0.29) is 45.6 Å². The predicted octanol–water partition coefficient (Wildman–Crippen LogP) is 5.27. The summed E-state index contributed by atoms with van der Waals surface area (Å²) in [5.41, 5.74) is -3.07. The second-order valence-electron chi connectivity index (χ2n) is 7.57. The number of aliphatic hydroxyl groups is 1. The minimum atomic E-state index is -2.13. The molecule has 2 atom stereocenters. The Kier molecular flexibility index (Phi) is 6.35. The van der Waals surface area contributed by atoms with Crippen molar-refractivity contribution in [3.63, 3.8) is 0 Å². The lowest BCUT2D eigenvalue weighted by atomic mass is 9.78. The van der Waals surface area contributed by atoms with Gasteiger partial charge in [-0.2, -0.15) is 0 Å². The zero-order valence-corrected chi connectivity index (χ0v) is 20.1. The van der Waals surface area contributed by atoms with Gasteiger partial charge in [0.1, 0.15) is 29.5 Å². The Morgan fingerprint density at radius 2 is 1.97 bits per heavy atom. The number of benzene rings is 2. The van der Waals surface area contributed by atoms with Gasteiger partial charge in [-0.1, -0.05) is 48.0 Å². The van der Waals surface area contributed by atoms with Crippen LogP contribution in [-0.2, 0) is 27.3 Å². The number of halogens is 3. The number of nitrogens with zero attached hydrogens (tertiary/aromatic N) is 1. The Morgan fingerprint density at radius 1 is 1.24 bits per heavy atom. The molecule has 0 aliphatic carbocycles. The molecule has 1 aromatic heterocycles. The van der Waals surface area contributed by atoms with Gasteiger partial charge in [0.2, 0.25) is 5.88 Å². The number of fused-ring (bicyclic) bond motifs is 1. The van der Waals surface area contributed by atoms with Crippen molar-refractivity contribution in [2.75, 3.05) is 6.61 Å². The van der Waals surface area contributed by atoms with Gasteiger partial charge in [0.25, 0.3) is 5.60 Å². The third kappa shape index (κ3) is 3.86. The quantitative estimate of drug-likeness (QED) is 0.341. The highest BCUT2D eigenvalue weighted by molar-refractivity contribution is 9.10. The zero-order chi connectivity index (χ0) is 23.8. The van der Waals surface area contributed by atoms with Gasteiger partial charge < -0.3 is 19.3 Å². The number of hydrogen-bond donors (Lipinski definition) is 1. The van der Waals surface area contributed by atoms with Gasteiger partial charge in [-0.15, -0.1) is 0 Å². The summed E-state index contributed by atoms with van der Waals surface area (Å²) in [5.74, 6) is -1.51. The maximum Gasteiger partial charge on any atom is 0.360 e. The summed E-state index contributed by atoms with van der Waals surface area (Å²) in [4.78, 5) is 17.7. The molecule has 33 heavy (non-hydrogen) atoms. The van der Waals surface area contributed by atoms with E-state index < -0.39 is 23.0 Å². The van der Waals surface area contributed by atoms with Gasteiger partial charge in [0, 0.05) is 22.2 Å². The van der Waals surface area contributed by atoms with Crippen LogP contribution in [0.5, 0.6) is 11.6 Å². The molecule has 0 bridgehead atoms. The van der Waals surface area contributed by atoms with E-state index in [0.717, 1.165) is 11.6 Å². The summed E-state index contributed by atoms with van der Waals surface area (Å²) in [5, 5.41) is 11.4. The number of esters is 1. The molecular weight excluding hydrogens is 517 g/mol. The lowest BCUT2D eigenvalue weighted by Gasteiger charge is -2.36. The fourth-order valence-corrected chi connectivity index (χ4v) is 4.77. The number of rotatable bonds is 6. The molecule has 0 spiro atoms. The fraction of sp³-hybridized carbons (Fsp3) is 0.250. The first-order chi connectivity index (χ1) is 15.7. The van der Waals surface area contributed by atoms with Crippen LogP contribution in [-0.4, -0.2) is 22.7 Å². The molecule has 3 aromatic rings.